The van der Waals surface area contributed by atoms with Crippen molar-refractivity contribution in [2.75, 3.05) is 6.54 Å². The average Bonchev–Trinajstić information content (AvgIpc) is 3.36. The van der Waals surface area contributed by atoms with Gasteiger partial charge in [0.2, 0.25) is 0 Å². The number of rotatable bonds is 7. The number of benzene rings is 1. The van der Waals surface area contributed by atoms with Gasteiger partial charge in [-0.3, -0.25) is 0 Å². The minimum absolute atomic E-state index is 0.285. The van der Waals surface area contributed by atoms with Crippen molar-refractivity contribution in [3.63, 3.8) is 0 Å². The molecule has 0 fully saturated rings. The van der Waals surface area contributed by atoms with Crippen molar-refractivity contribution in [1.29, 1.82) is 0 Å². The molecule has 0 aliphatic heterocycles. The lowest BCUT2D eigenvalue weighted by Gasteiger charge is -2.30. The van der Waals surface area contributed by atoms with Gasteiger partial charge in [0.1, 0.15) is 11.4 Å². The Hall–Kier alpha value is -2.85. The molecule has 0 spiro atoms. The normalized spacial score (nSPS) is 12.5. The molecule has 0 saturated carbocycles. The Balaban J connectivity index is 0.000000469. The molecule has 3 rings (SSSR count). The molecule has 0 aliphatic carbocycles. The number of hydrogen-bond donors (Lipinski definition) is 4. The van der Waals surface area contributed by atoms with Gasteiger partial charge >= 0.3 is 11.9 Å². The SMILES string of the molecule is O=C(O)C(=O)O.OC(CNCc1ccco1)(Cn1ccnc1)c1ccc(Cl)cc1Cl. The van der Waals surface area contributed by atoms with Crippen LogP contribution >= 0.6 is 23.2 Å². The summed E-state index contributed by atoms with van der Waals surface area (Å²) in [6, 6.07) is 8.79. The number of aromatic nitrogens is 2. The van der Waals surface area contributed by atoms with Crippen LogP contribution in [0.4, 0.5) is 0 Å². The van der Waals surface area contributed by atoms with Crippen LogP contribution in [-0.4, -0.2) is 43.4 Å². The molecule has 1 atom stereocenters. The standard InChI is InChI=1S/C17H17Cl2N3O2.C2H2O4/c18-13-3-4-15(16(19)8-13)17(23,11-22-6-5-20-12-22)10-21-9-14-2-1-7-24-14;3-1(4)2(5)6/h1-8,12,21,23H,9-11H2;(H,3,4)(H,5,6). The van der Waals surface area contributed by atoms with Crippen LogP contribution in [0.3, 0.4) is 0 Å². The molecule has 1 unspecified atom stereocenters. The lowest BCUT2D eigenvalue weighted by atomic mass is 9.93. The van der Waals surface area contributed by atoms with Crippen molar-refractivity contribution in [1.82, 2.24) is 14.9 Å². The number of nitrogens with zero attached hydrogens (tertiary/aromatic N) is 2. The van der Waals surface area contributed by atoms with Crippen LogP contribution in [0.15, 0.2) is 59.7 Å². The fourth-order valence-electron chi connectivity index (χ4n) is 2.59. The lowest BCUT2D eigenvalue weighted by Crippen LogP contribution is -2.41. The van der Waals surface area contributed by atoms with E-state index < -0.39 is 17.5 Å². The summed E-state index contributed by atoms with van der Waals surface area (Å²) in [6.07, 6.45) is 6.73. The Morgan fingerprint density at radius 3 is 2.47 bits per heavy atom. The fraction of sp³-hybridized carbons (Fsp3) is 0.211. The summed E-state index contributed by atoms with van der Waals surface area (Å²) < 4.78 is 7.10. The molecule has 1 aromatic carbocycles. The van der Waals surface area contributed by atoms with Crippen LogP contribution in [0.25, 0.3) is 0 Å². The third-order valence-electron chi connectivity index (χ3n) is 3.92. The van der Waals surface area contributed by atoms with E-state index in [0.29, 0.717) is 28.7 Å². The average molecular weight is 456 g/mol. The molecular weight excluding hydrogens is 437 g/mol. The highest BCUT2D eigenvalue weighted by Crippen LogP contribution is 2.31. The Morgan fingerprint density at radius 2 is 1.93 bits per heavy atom. The van der Waals surface area contributed by atoms with E-state index in [4.69, 9.17) is 47.4 Å². The maximum atomic E-state index is 11.3. The van der Waals surface area contributed by atoms with Crippen molar-refractivity contribution in [3.05, 3.63) is 76.7 Å². The number of hydrogen-bond acceptors (Lipinski definition) is 6. The zero-order chi connectivity index (χ0) is 22.1. The number of nitrogens with one attached hydrogen (secondary N) is 1. The molecule has 0 bridgehead atoms. The highest BCUT2D eigenvalue weighted by Gasteiger charge is 2.32. The number of imidazole rings is 1. The smallest absolute Gasteiger partial charge is 0.414 e. The van der Waals surface area contributed by atoms with E-state index in [0.717, 1.165) is 5.76 Å². The minimum atomic E-state index is -1.82. The Kier molecular flexibility index (Phi) is 8.43. The van der Waals surface area contributed by atoms with Crippen LogP contribution in [0, 0.1) is 0 Å². The first-order chi connectivity index (χ1) is 14.2. The van der Waals surface area contributed by atoms with Gasteiger partial charge in [0.15, 0.2) is 0 Å². The number of carboxylic acids is 2. The molecule has 30 heavy (non-hydrogen) atoms. The summed E-state index contributed by atoms with van der Waals surface area (Å²) in [4.78, 5) is 22.2. The molecule has 0 saturated heterocycles. The van der Waals surface area contributed by atoms with Crippen molar-refractivity contribution in [2.45, 2.75) is 18.7 Å². The van der Waals surface area contributed by atoms with Gasteiger partial charge in [0, 0.05) is 34.5 Å². The minimum Gasteiger partial charge on any atom is -0.473 e. The third-order valence-corrected chi connectivity index (χ3v) is 4.46. The van der Waals surface area contributed by atoms with E-state index >= 15 is 0 Å². The van der Waals surface area contributed by atoms with E-state index in [1.807, 2.05) is 12.1 Å². The first kappa shape index (κ1) is 23.4. The van der Waals surface area contributed by atoms with E-state index in [-0.39, 0.29) is 6.54 Å². The van der Waals surface area contributed by atoms with E-state index in [1.54, 1.807) is 47.8 Å². The molecule has 2 heterocycles. The van der Waals surface area contributed by atoms with Gasteiger partial charge in [-0.25, -0.2) is 14.6 Å². The van der Waals surface area contributed by atoms with Crippen LogP contribution in [0.5, 0.6) is 0 Å². The summed E-state index contributed by atoms with van der Waals surface area (Å²) >= 11 is 12.3. The topological polar surface area (TPSA) is 138 Å². The van der Waals surface area contributed by atoms with Crippen LogP contribution in [0.2, 0.25) is 10.0 Å². The van der Waals surface area contributed by atoms with Gasteiger partial charge in [-0.2, -0.15) is 0 Å². The summed E-state index contributed by atoms with van der Waals surface area (Å²) in [5.41, 5.74) is -0.621. The molecule has 0 radical (unpaired) electrons. The van der Waals surface area contributed by atoms with E-state index in [1.165, 1.54) is 0 Å². The molecular formula is C19H19Cl2N3O6. The largest absolute Gasteiger partial charge is 0.473 e. The second-order valence-corrected chi connectivity index (χ2v) is 7.03. The molecule has 0 amide bonds. The van der Waals surface area contributed by atoms with E-state index in [2.05, 4.69) is 10.3 Å². The monoisotopic (exact) mass is 455 g/mol. The van der Waals surface area contributed by atoms with Crippen LogP contribution < -0.4 is 5.32 Å². The fourth-order valence-corrected chi connectivity index (χ4v) is 3.18. The van der Waals surface area contributed by atoms with Gasteiger partial charge in [-0.1, -0.05) is 29.3 Å². The number of carboxylic acid groups (broad SMARTS) is 2. The Morgan fingerprint density at radius 1 is 1.20 bits per heavy atom. The zero-order valence-electron chi connectivity index (χ0n) is 15.5. The summed E-state index contributed by atoms with van der Waals surface area (Å²) in [5, 5.41) is 30.2. The molecule has 3 aromatic rings. The first-order valence-electron chi connectivity index (χ1n) is 8.54. The number of halogens is 2. The van der Waals surface area contributed by atoms with Crippen molar-refractivity contribution in [2.24, 2.45) is 0 Å². The molecule has 2 aromatic heterocycles. The molecule has 9 nitrogen and oxygen atoms in total. The van der Waals surface area contributed by atoms with Crippen molar-refractivity contribution >= 4 is 35.1 Å². The molecule has 4 N–H and O–H groups in total. The number of furan rings is 1. The molecule has 11 heteroatoms. The maximum Gasteiger partial charge on any atom is 0.414 e. The quantitative estimate of drug-likeness (QED) is 0.398. The van der Waals surface area contributed by atoms with Gasteiger partial charge in [0.05, 0.1) is 25.7 Å². The predicted molar refractivity (Wildman–Crippen MR) is 108 cm³/mol. The summed E-state index contributed by atoms with van der Waals surface area (Å²) in [7, 11) is 0. The van der Waals surface area contributed by atoms with E-state index in [9.17, 15) is 5.11 Å². The summed E-state index contributed by atoms with van der Waals surface area (Å²) in [6.45, 7) is 1.09. The van der Waals surface area contributed by atoms with Crippen LogP contribution in [-0.2, 0) is 28.3 Å². The molecule has 0 aliphatic rings. The summed E-state index contributed by atoms with van der Waals surface area (Å²) in [5.74, 6) is -2.85. The van der Waals surface area contributed by atoms with Crippen molar-refractivity contribution < 1.29 is 29.3 Å². The Labute approximate surface area is 181 Å². The second-order valence-electron chi connectivity index (χ2n) is 6.18. The lowest BCUT2D eigenvalue weighted by molar-refractivity contribution is -0.159. The number of aliphatic carboxylic acids is 2. The van der Waals surface area contributed by atoms with Gasteiger partial charge in [0.25, 0.3) is 0 Å². The van der Waals surface area contributed by atoms with Gasteiger partial charge in [-0.05, 0) is 24.3 Å². The highest BCUT2D eigenvalue weighted by atomic mass is 35.5. The number of aliphatic hydroxyl groups is 1. The highest BCUT2D eigenvalue weighted by molar-refractivity contribution is 6.35. The zero-order valence-corrected chi connectivity index (χ0v) is 17.0. The van der Waals surface area contributed by atoms with Gasteiger partial charge < -0.3 is 29.6 Å². The third kappa shape index (κ3) is 6.89. The van der Waals surface area contributed by atoms with Crippen molar-refractivity contribution in [3.8, 4) is 0 Å². The predicted octanol–water partition coefficient (Wildman–Crippen LogP) is 2.62. The van der Waals surface area contributed by atoms with Gasteiger partial charge in [-0.15, -0.1) is 0 Å². The van der Waals surface area contributed by atoms with Crippen LogP contribution in [0.1, 0.15) is 11.3 Å². The Bertz CT molecular complexity index is 951. The maximum absolute atomic E-state index is 11.3. The second kappa shape index (κ2) is 10.8. The first-order valence-corrected chi connectivity index (χ1v) is 9.30. The molecule has 160 valence electrons. The number of carbonyl (C=O) groups is 2.